The van der Waals surface area contributed by atoms with Gasteiger partial charge in [-0.25, -0.2) is 0 Å². The van der Waals surface area contributed by atoms with E-state index in [1.807, 2.05) is 0 Å². The van der Waals surface area contributed by atoms with E-state index in [4.69, 9.17) is 9.47 Å². The smallest absolute Gasteiger partial charge is 0.126 e. The lowest BCUT2D eigenvalue weighted by molar-refractivity contribution is 0.130. The van der Waals surface area contributed by atoms with Gasteiger partial charge < -0.3 is 9.47 Å². The van der Waals surface area contributed by atoms with Crippen LogP contribution in [0.25, 0.3) is 0 Å². The van der Waals surface area contributed by atoms with Crippen molar-refractivity contribution in [1.82, 2.24) is 4.90 Å². The van der Waals surface area contributed by atoms with Crippen molar-refractivity contribution in [2.45, 2.75) is 70.3 Å². The monoisotopic (exact) mass is 407 g/mol. The third-order valence-corrected chi connectivity index (χ3v) is 6.86. The van der Waals surface area contributed by atoms with Crippen molar-refractivity contribution in [1.29, 1.82) is 0 Å². The van der Waals surface area contributed by atoms with Crippen molar-refractivity contribution >= 4 is 0 Å². The third kappa shape index (κ3) is 5.18. The third-order valence-electron chi connectivity index (χ3n) is 6.86. The van der Waals surface area contributed by atoms with Crippen LogP contribution in [0.1, 0.15) is 69.4 Å². The summed E-state index contributed by atoms with van der Waals surface area (Å²) in [7, 11) is 0. The summed E-state index contributed by atoms with van der Waals surface area (Å²) in [4.78, 5) is 2.58. The zero-order chi connectivity index (χ0) is 20.7. The molecular formula is C27H37NO2. The fourth-order valence-electron chi connectivity index (χ4n) is 4.91. The molecule has 0 N–H and O–H groups in total. The number of hydrogen-bond acceptors (Lipinski definition) is 3. The van der Waals surface area contributed by atoms with Gasteiger partial charge in [0.2, 0.25) is 0 Å². The minimum absolute atomic E-state index is 0.195. The lowest BCUT2D eigenvalue weighted by Gasteiger charge is -2.38. The summed E-state index contributed by atoms with van der Waals surface area (Å²) in [6, 6.07) is 17.4. The van der Waals surface area contributed by atoms with Gasteiger partial charge in [0, 0.05) is 23.6 Å². The van der Waals surface area contributed by atoms with Crippen LogP contribution in [0.15, 0.2) is 48.5 Å². The molecule has 0 atom stereocenters. The summed E-state index contributed by atoms with van der Waals surface area (Å²) in [6.45, 7) is 7.21. The maximum Gasteiger partial charge on any atom is 0.126 e. The van der Waals surface area contributed by atoms with Crippen molar-refractivity contribution in [2.24, 2.45) is 0 Å². The second-order valence-electron chi connectivity index (χ2n) is 9.10. The standard InChI is InChI=1S/C27H37NO2/c1-2-3-4-5-6-10-19-29-24-13-14-25-26(20-24)30-22-27(25)15-17-28(18-16-27)21-23-11-8-7-9-12-23/h7-9,11-14,20H,2-6,10,15-19,21-22H2,1H3. The Morgan fingerprint density at radius 3 is 2.50 bits per heavy atom. The first-order valence-electron chi connectivity index (χ1n) is 12.0. The van der Waals surface area contributed by atoms with Crippen LogP contribution in [0.5, 0.6) is 11.5 Å². The Morgan fingerprint density at radius 1 is 0.933 bits per heavy atom. The molecule has 3 heteroatoms. The molecule has 1 spiro atoms. The van der Waals surface area contributed by atoms with E-state index in [9.17, 15) is 0 Å². The fourth-order valence-corrected chi connectivity index (χ4v) is 4.91. The van der Waals surface area contributed by atoms with Crippen LogP contribution in [0.4, 0.5) is 0 Å². The molecule has 1 saturated heterocycles. The topological polar surface area (TPSA) is 21.7 Å². The lowest BCUT2D eigenvalue weighted by Crippen LogP contribution is -2.43. The molecule has 0 unspecified atom stereocenters. The number of likely N-dealkylation sites (tertiary alicyclic amines) is 1. The molecule has 0 amide bonds. The predicted molar refractivity (Wildman–Crippen MR) is 123 cm³/mol. The second-order valence-corrected chi connectivity index (χ2v) is 9.10. The molecule has 2 aromatic carbocycles. The Labute approximate surface area is 182 Å². The highest BCUT2D eigenvalue weighted by Crippen LogP contribution is 2.46. The molecule has 2 aromatic rings. The van der Waals surface area contributed by atoms with Gasteiger partial charge in [-0.1, -0.05) is 75.4 Å². The van der Waals surface area contributed by atoms with E-state index >= 15 is 0 Å². The Kier molecular flexibility index (Phi) is 7.33. The zero-order valence-corrected chi connectivity index (χ0v) is 18.6. The summed E-state index contributed by atoms with van der Waals surface area (Å²) < 4.78 is 12.2. The molecule has 2 heterocycles. The summed E-state index contributed by atoms with van der Waals surface area (Å²) >= 11 is 0. The van der Waals surface area contributed by atoms with E-state index in [1.165, 1.54) is 56.1 Å². The van der Waals surface area contributed by atoms with Crippen molar-refractivity contribution in [2.75, 3.05) is 26.3 Å². The molecule has 4 rings (SSSR count). The first-order valence-corrected chi connectivity index (χ1v) is 12.0. The number of nitrogens with zero attached hydrogens (tertiary/aromatic N) is 1. The Hall–Kier alpha value is -2.00. The van der Waals surface area contributed by atoms with Gasteiger partial charge in [0.25, 0.3) is 0 Å². The Balaban J connectivity index is 1.26. The van der Waals surface area contributed by atoms with Crippen LogP contribution in [-0.2, 0) is 12.0 Å². The molecule has 30 heavy (non-hydrogen) atoms. The van der Waals surface area contributed by atoms with E-state index in [0.717, 1.165) is 50.8 Å². The number of unbranched alkanes of at least 4 members (excludes halogenated alkanes) is 5. The molecule has 0 radical (unpaired) electrons. The molecule has 1 fully saturated rings. The number of benzene rings is 2. The highest BCUT2D eigenvalue weighted by Gasteiger charge is 2.43. The molecule has 0 aromatic heterocycles. The van der Waals surface area contributed by atoms with Crippen LogP contribution in [0.3, 0.4) is 0 Å². The van der Waals surface area contributed by atoms with Crippen LogP contribution in [0.2, 0.25) is 0 Å². The van der Waals surface area contributed by atoms with Crippen molar-refractivity contribution in [3.8, 4) is 11.5 Å². The average molecular weight is 408 g/mol. The molecule has 0 saturated carbocycles. The van der Waals surface area contributed by atoms with E-state index in [1.54, 1.807) is 0 Å². The molecule has 3 nitrogen and oxygen atoms in total. The summed E-state index contributed by atoms with van der Waals surface area (Å²) in [5, 5.41) is 0. The summed E-state index contributed by atoms with van der Waals surface area (Å²) in [6.07, 6.45) is 10.1. The second kappa shape index (κ2) is 10.3. The highest BCUT2D eigenvalue weighted by molar-refractivity contribution is 5.48. The van der Waals surface area contributed by atoms with Crippen LogP contribution >= 0.6 is 0 Å². The van der Waals surface area contributed by atoms with Gasteiger partial charge in [-0.3, -0.25) is 4.90 Å². The largest absolute Gasteiger partial charge is 0.493 e. The van der Waals surface area contributed by atoms with Gasteiger partial charge in [-0.2, -0.15) is 0 Å². The highest BCUT2D eigenvalue weighted by atomic mass is 16.5. The summed E-state index contributed by atoms with van der Waals surface area (Å²) in [5.74, 6) is 2.01. The van der Waals surface area contributed by atoms with E-state index < -0.39 is 0 Å². The molecule has 0 bridgehead atoms. The number of fused-ring (bicyclic) bond motifs is 2. The number of rotatable bonds is 10. The lowest BCUT2D eigenvalue weighted by atomic mass is 9.74. The number of piperidine rings is 1. The van der Waals surface area contributed by atoms with E-state index in [2.05, 4.69) is 60.4 Å². The maximum atomic E-state index is 6.16. The van der Waals surface area contributed by atoms with Gasteiger partial charge >= 0.3 is 0 Å². The Morgan fingerprint density at radius 2 is 1.70 bits per heavy atom. The average Bonchev–Trinajstić information content (AvgIpc) is 3.13. The van der Waals surface area contributed by atoms with Crippen LogP contribution < -0.4 is 9.47 Å². The van der Waals surface area contributed by atoms with Gasteiger partial charge in [0.05, 0.1) is 13.2 Å². The van der Waals surface area contributed by atoms with Gasteiger partial charge in [0.15, 0.2) is 0 Å². The van der Waals surface area contributed by atoms with Gasteiger partial charge in [0.1, 0.15) is 11.5 Å². The van der Waals surface area contributed by atoms with Crippen molar-refractivity contribution in [3.63, 3.8) is 0 Å². The Bertz CT molecular complexity index is 781. The van der Waals surface area contributed by atoms with E-state index in [-0.39, 0.29) is 5.41 Å². The SMILES string of the molecule is CCCCCCCCOc1ccc2c(c1)OCC21CCN(Cc2ccccc2)CC1. The minimum atomic E-state index is 0.195. The first kappa shape index (κ1) is 21.2. The molecule has 0 aliphatic carbocycles. The minimum Gasteiger partial charge on any atom is -0.493 e. The van der Waals surface area contributed by atoms with Gasteiger partial charge in [-0.05, 0) is 44.0 Å². The number of ether oxygens (including phenoxy) is 2. The molecule has 2 aliphatic rings. The molecule has 162 valence electrons. The van der Waals surface area contributed by atoms with Crippen LogP contribution in [-0.4, -0.2) is 31.2 Å². The van der Waals surface area contributed by atoms with Crippen molar-refractivity contribution < 1.29 is 9.47 Å². The predicted octanol–water partition coefficient (Wildman–Crippen LogP) is 6.35. The molecule has 2 aliphatic heterocycles. The summed E-state index contributed by atoms with van der Waals surface area (Å²) in [5.41, 5.74) is 3.00. The first-order chi connectivity index (χ1) is 14.8. The number of hydrogen-bond donors (Lipinski definition) is 0. The quantitative estimate of drug-likeness (QED) is 0.428. The molecular weight excluding hydrogens is 370 g/mol. The normalized spacial score (nSPS) is 17.6. The zero-order valence-electron chi connectivity index (χ0n) is 18.6. The van der Waals surface area contributed by atoms with Crippen LogP contribution in [0, 0.1) is 0 Å². The van der Waals surface area contributed by atoms with Crippen molar-refractivity contribution in [3.05, 3.63) is 59.7 Å². The van der Waals surface area contributed by atoms with Gasteiger partial charge in [-0.15, -0.1) is 0 Å². The fraction of sp³-hybridized carbons (Fsp3) is 0.556. The maximum absolute atomic E-state index is 6.16. The van der Waals surface area contributed by atoms with E-state index in [0.29, 0.717) is 0 Å².